The molecule has 1 unspecified atom stereocenters. The zero-order valence-corrected chi connectivity index (χ0v) is 13.9. The Balaban J connectivity index is 1.69. The van der Waals surface area contributed by atoms with Crippen LogP contribution in [-0.2, 0) is 21.2 Å². The van der Waals surface area contributed by atoms with Gasteiger partial charge in [0.05, 0.1) is 24.4 Å². The number of pyridine rings is 1. The molecule has 1 aromatic rings. The van der Waals surface area contributed by atoms with E-state index in [0.717, 1.165) is 19.0 Å². The SMILES string of the molecule is CS(=O)(=O)N1CCCC12CCN(C(=O)Cc1ccc(F)cn1)C2. The lowest BCUT2D eigenvalue weighted by molar-refractivity contribution is -0.129. The highest BCUT2D eigenvalue weighted by Gasteiger charge is 2.50. The van der Waals surface area contributed by atoms with Crippen molar-refractivity contribution < 1.29 is 17.6 Å². The van der Waals surface area contributed by atoms with Gasteiger partial charge in [-0.25, -0.2) is 12.8 Å². The molecule has 2 aliphatic heterocycles. The fourth-order valence-corrected chi connectivity index (χ4v) is 5.09. The molecule has 1 spiro atoms. The van der Waals surface area contributed by atoms with Crippen molar-refractivity contribution in [2.24, 2.45) is 0 Å². The normalized spacial score (nSPS) is 25.4. The zero-order valence-electron chi connectivity index (χ0n) is 13.0. The summed E-state index contributed by atoms with van der Waals surface area (Å²) >= 11 is 0. The molecule has 3 heterocycles. The monoisotopic (exact) mass is 341 g/mol. The summed E-state index contributed by atoms with van der Waals surface area (Å²) in [5, 5.41) is 0. The first-order valence-corrected chi connectivity index (χ1v) is 9.51. The summed E-state index contributed by atoms with van der Waals surface area (Å²) in [6.45, 7) is 1.51. The van der Waals surface area contributed by atoms with Crippen molar-refractivity contribution in [3.05, 3.63) is 29.8 Å². The number of hydrogen-bond donors (Lipinski definition) is 0. The van der Waals surface area contributed by atoms with Crippen molar-refractivity contribution in [1.29, 1.82) is 0 Å². The highest BCUT2D eigenvalue weighted by molar-refractivity contribution is 7.88. The molecule has 1 atom stereocenters. The van der Waals surface area contributed by atoms with Crippen molar-refractivity contribution >= 4 is 15.9 Å². The van der Waals surface area contributed by atoms with E-state index in [1.807, 2.05) is 0 Å². The second-order valence-electron chi connectivity index (χ2n) is 6.37. The van der Waals surface area contributed by atoms with Gasteiger partial charge < -0.3 is 4.90 Å². The van der Waals surface area contributed by atoms with Crippen LogP contribution in [-0.4, -0.2) is 59.9 Å². The summed E-state index contributed by atoms with van der Waals surface area (Å²) in [6.07, 6.45) is 4.72. The predicted octanol–water partition coefficient (Wildman–Crippen LogP) is 0.790. The Bertz CT molecular complexity index is 707. The van der Waals surface area contributed by atoms with Crippen LogP contribution in [0, 0.1) is 5.82 Å². The van der Waals surface area contributed by atoms with Gasteiger partial charge >= 0.3 is 0 Å². The molecule has 23 heavy (non-hydrogen) atoms. The maximum atomic E-state index is 12.9. The first-order chi connectivity index (χ1) is 10.8. The van der Waals surface area contributed by atoms with Crippen molar-refractivity contribution in [2.45, 2.75) is 31.2 Å². The Hall–Kier alpha value is -1.54. The smallest absolute Gasteiger partial charge is 0.228 e. The second-order valence-corrected chi connectivity index (χ2v) is 8.28. The molecule has 1 amide bonds. The number of halogens is 1. The molecule has 0 saturated carbocycles. The van der Waals surface area contributed by atoms with E-state index in [1.54, 1.807) is 9.21 Å². The van der Waals surface area contributed by atoms with Crippen molar-refractivity contribution in [3.63, 3.8) is 0 Å². The minimum atomic E-state index is -3.27. The molecule has 2 fully saturated rings. The van der Waals surface area contributed by atoms with E-state index in [2.05, 4.69) is 4.98 Å². The van der Waals surface area contributed by atoms with E-state index in [-0.39, 0.29) is 12.3 Å². The van der Waals surface area contributed by atoms with Crippen LogP contribution in [0.5, 0.6) is 0 Å². The lowest BCUT2D eigenvalue weighted by Gasteiger charge is -2.33. The minimum absolute atomic E-state index is 0.0960. The third kappa shape index (κ3) is 3.23. The van der Waals surface area contributed by atoms with Crippen LogP contribution in [0.1, 0.15) is 25.0 Å². The number of hydrogen-bond acceptors (Lipinski definition) is 4. The number of sulfonamides is 1. The van der Waals surface area contributed by atoms with Crippen molar-refractivity contribution in [1.82, 2.24) is 14.2 Å². The van der Waals surface area contributed by atoms with Crippen LogP contribution in [0.4, 0.5) is 4.39 Å². The van der Waals surface area contributed by atoms with E-state index < -0.39 is 21.4 Å². The first kappa shape index (κ1) is 16.3. The van der Waals surface area contributed by atoms with E-state index in [9.17, 15) is 17.6 Å². The Labute approximate surface area is 135 Å². The number of rotatable bonds is 3. The number of nitrogens with zero attached hydrogens (tertiary/aromatic N) is 3. The van der Waals surface area contributed by atoms with Crippen molar-refractivity contribution in [2.75, 3.05) is 25.9 Å². The highest BCUT2D eigenvalue weighted by Crippen LogP contribution is 2.39. The van der Waals surface area contributed by atoms with Gasteiger partial charge in [0.2, 0.25) is 15.9 Å². The third-order valence-corrected chi connectivity index (χ3v) is 6.11. The molecule has 2 saturated heterocycles. The quantitative estimate of drug-likeness (QED) is 0.815. The molecule has 0 radical (unpaired) electrons. The number of carbonyl (C=O) groups is 1. The number of aromatic nitrogens is 1. The molecule has 0 N–H and O–H groups in total. The molecule has 8 heteroatoms. The van der Waals surface area contributed by atoms with Crippen LogP contribution in [0.3, 0.4) is 0 Å². The van der Waals surface area contributed by atoms with Gasteiger partial charge in [-0.15, -0.1) is 0 Å². The van der Waals surface area contributed by atoms with Gasteiger partial charge in [0.25, 0.3) is 0 Å². The van der Waals surface area contributed by atoms with E-state index in [1.165, 1.54) is 18.4 Å². The fourth-order valence-electron chi connectivity index (χ4n) is 3.69. The predicted molar refractivity (Wildman–Crippen MR) is 82.6 cm³/mol. The molecule has 6 nitrogen and oxygen atoms in total. The molecule has 0 aliphatic carbocycles. The van der Waals surface area contributed by atoms with Crippen LogP contribution in [0.25, 0.3) is 0 Å². The largest absolute Gasteiger partial charge is 0.340 e. The summed E-state index contributed by atoms with van der Waals surface area (Å²) in [7, 11) is -3.27. The molecule has 126 valence electrons. The van der Waals surface area contributed by atoms with Gasteiger partial charge in [0, 0.05) is 25.3 Å². The van der Waals surface area contributed by atoms with Gasteiger partial charge in [-0.2, -0.15) is 4.31 Å². The zero-order chi connectivity index (χ0) is 16.7. The van der Waals surface area contributed by atoms with Crippen LogP contribution >= 0.6 is 0 Å². The fraction of sp³-hybridized carbons (Fsp3) is 0.600. The van der Waals surface area contributed by atoms with Gasteiger partial charge in [0.1, 0.15) is 5.82 Å². The van der Waals surface area contributed by atoms with Crippen LogP contribution in [0.15, 0.2) is 18.3 Å². The Morgan fingerprint density at radius 2 is 2.13 bits per heavy atom. The van der Waals surface area contributed by atoms with Gasteiger partial charge in [-0.1, -0.05) is 0 Å². The molecule has 0 bridgehead atoms. The average Bonchev–Trinajstić information content (AvgIpc) is 3.09. The Morgan fingerprint density at radius 3 is 2.78 bits per heavy atom. The summed E-state index contributed by atoms with van der Waals surface area (Å²) < 4.78 is 38.4. The maximum absolute atomic E-state index is 12.9. The molecule has 0 aromatic carbocycles. The standard InChI is InChI=1S/C15H20FN3O3S/c1-23(21,22)19-7-2-5-15(19)6-8-18(11-15)14(20)9-13-4-3-12(16)10-17-13/h3-4,10H,2,5-9,11H2,1H3. The summed E-state index contributed by atoms with van der Waals surface area (Å²) in [6, 6.07) is 2.78. The molecule has 2 aliphatic rings. The number of carbonyl (C=O) groups excluding carboxylic acids is 1. The average molecular weight is 341 g/mol. The lowest BCUT2D eigenvalue weighted by Crippen LogP contribution is -2.49. The highest BCUT2D eigenvalue weighted by atomic mass is 32.2. The topological polar surface area (TPSA) is 70.6 Å². The van der Waals surface area contributed by atoms with E-state index in [4.69, 9.17) is 0 Å². The Morgan fingerprint density at radius 1 is 1.35 bits per heavy atom. The molecule has 1 aromatic heterocycles. The van der Waals surface area contributed by atoms with E-state index in [0.29, 0.717) is 31.7 Å². The van der Waals surface area contributed by atoms with E-state index >= 15 is 0 Å². The molecular weight excluding hydrogens is 321 g/mol. The van der Waals surface area contributed by atoms with Gasteiger partial charge in [-0.05, 0) is 31.4 Å². The molecular formula is C15H20FN3O3S. The first-order valence-electron chi connectivity index (χ1n) is 7.66. The van der Waals surface area contributed by atoms with Gasteiger partial charge in [0.15, 0.2) is 0 Å². The summed E-state index contributed by atoms with van der Waals surface area (Å²) in [4.78, 5) is 18.0. The summed E-state index contributed by atoms with van der Waals surface area (Å²) in [5.74, 6) is -0.530. The minimum Gasteiger partial charge on any atom is -0.340 e. The third-order valence-electron chi connectivity index (χ3n) is 4.74. The number of likely N-dealkylation sites (tertiary alicyclic amines) is 1. The maximum Gasteiger partial charge on any atom is 0.228 e. The molecule has 3 rings (SSSR count). The second kappa shape index (κ2) is 5.83. The Kier molecular flexibility index (Phi) is 4.14. The van der Waals surface area contributed by atoms with Crippen molar-refractivity contribution in [3.8, 4) is 0 Å². The van der Waals surface area contributed by atoms with Gasteiger partial charge in [-0.3, -0.25) is 9.78 Å². The lowest BCUT2D eigenvalue weighted by atomic mass is 9.97. The van der Waals surface area contributed by atoms with Crippen LogP contribution < -0.4 is 0 Å². The van der Waals surface area contributed by atoms with Crippen LogP contribution in [0.2, 0.25) is 0 Å². The summed E-state index contributed by atoms with van der Waals surface area (Å²) in [5.41, 5.74) is 0.0724. The number of amides is 1.